The van der Waals surface area contributed by atoms with Crippen molar-refractivity contribution in [3.63, 3.8) is 0 Å². The van der Waals surface area contributed by atoms with Gasteiger partial charge in [-0.25, -0.2) is 4.98 Å². The van der Waals surface area contributed by atoms with E-state index >= 15 is 0 Å². The molecule has 0 aliphatic rings. The van der Waals surface area contributed by atoms with Crippen molar-refractivity contribution in [2.24, 2.45) is 0 Å². The number of pyridine rings is 1. The van der Waals surface area contributed by atoms with Crippen LogP contribution in [0.25, 0.3) is 0 Å². The zero-order valence-electron chi connectivity index (χ0n) is 15.4. The molecular formula is C19H22F3N3OS. The Kier molecular flexibility index (Phi) is 7.12. The fourth-order valence-corrected chi connectivity index (χ4v) is 3.19. The number of alkyl halides is 3. The van der Waals surface area contributed by atoms with Crippen molar-refractivity contribution in [3.05, 3.63) is 48.2 Å². The van der Waals surface area contributed by atoms with Gasteiger partial charge in [-0.3, -0.25) is 4.79 Å². The summed E-state index contributed by atoms with van der Waals surface area (Å²) in [6.45, 7) is 7.21. The summed E-state index contributed by atoms with van der Waals surface area (Å²) in [5.74, 6) is -0.182. The predicted octanol–water partition coefficient (Wildman–Crippen LogP) is 5.07. The standard InChI is InChI=1S/C19H22F3N3OS/c1-4-25(13(2)3)16-8-6-15(7-9-16)24-17(26)12-27-18-10-5-14(11-23-18)19(20,21)22/h5-11,13H,4,12H2,1-3H3,(H,24,26). The zero-order chi connectivity index (χ0) is 20.0. The van der Waals surface area contributed by atoms with Gasteiger partial charge < -0.3 is 10.2 Å². The maximum absolute atomic E-state index is 12.5. The Balaban J connectivity index is 1.88. The van der Waals surface area contributed by atoms with Crippen molar-refractivity contribution in [3.8, 4) is 0 Å². The van der Waals surface area contributed by atoms with Crippen LogP contribution in [-0.4, -0.2) is 29.2 Å². The predicted molar refractivity (Wildman–Crippen MR) is 103 cm³/mol. The molecule has 146 valence electrons. The third-order valence-corrected chi connectivity index (χ3v) is 4.81. The number of rotatable bonds is 7. The Morgan fingerprint density at radius 3 is 2.33 bits per heavy atom. The van der Waals surface area contributed by atoms with Crippen molar-refractivity contribution in [2.75, 3.05) is 22.5 Å². The van der Waals surface area contributed by atoms with E-state index in [9.17, 15) is 18.0 Å². The molecule has 0 fully saturated rings. The lowest BCUT2D eigenvalue weighted by atomic mass is 10.2. The van der Waals surface area contributed by atoms with Gasteiger partial charge in [0.05, 0.1) is 16.3 Å². The monoisotopic (exact) mass is 397 g/mol. The van der Waals surface area contributed by atoms with E-state index in [4.69, 9.17) is 0 Å². The van der Waals surface area contributed by atoms with Crippen LogP contribution in [0, 0.1) is 0 Å². The average Bonchev–Trinajstić information content (AvgIpc) is 2.61. The molecule has 0 radical (unpaired) electrons. The van der Waals surface area contributed by atoms with Crippen molar-refractivity contribution >= 4 is 29.0 Å². The van der Waals surface area contributed by atoms with Crippen LogP contribution >= 0.6 is 11.8 Å². The fourth-order valence-electron chi connectivity index (χ4n) is 2.55. The summed E-state index contributed by atoms with van der Waals surface area (Å²) in [6.07, 6.45) is -3.64. The molecular weight excluding hydrogens is 375 g/mol. The number of carbonyl (C=O) groups is 1. The molecule has 0 saturated heterocycles. The fraction of sp³-hybridized carbons (Fsp3) is 0.368. The van der Waals surface area contributed by atoms with Gasteiger partial charge in [-0.2, -0.15) is 13.2 Å². The lowest BCUT2D eigenvalue weighted by Gasteiger charge is -2.27. The van der Waals surface area contributed by atoms with Gasteiger partial charge in [0.1, 0.15) is 0 Å². The molecule has 1 N–H and O–H groups in total. The minimum absolute atomic E-state index is 0.0627. The molecule has 8 heteroatoms. The van der Waals surface area contributed by atoms with Crippen LogP contribution in [0.5, 0.6) is 0 Å². The zero-order valence-corrected chi connectivity index (χ0v) is 16.2. The molecule has 2 aromatic rings. The highest BCUT2D eigenvalue weighted by Crippen LogP contribution is 2.29. The Morgan fingerprint density at radius 1 is 1.19 bits per heavy atom. The summed E-state index contributed by atoms with van der Waals surface area (Å²) in [5.41, 5.74) is 0.942. The summed E-state index contributed by atoms with van der Waals surface area (Å²) in [5, 5.41) is 3.14. The number of carbonyl (C=O) groups excluding carboxylic acids is 1. The number of aromatic nitrogens is 1. The van der Waals surface area contributed by atoms with Gasteiger partial charge in [0.25, 0.3) is 0 Å². The lowest BCUT2D eigenvalue weighted by Crippen LogP contribution is -2.30. The van der Waals surface area contributed by atoms with E-state index in [0.29, 0.717) is 16.8 Å². The molecule has 2 rings (SSSR count). The van der Waals surface area contributed by atoms with Crippen LogP contribution < -0.4 is 10.2 Å². The molecule has 0 saturated carbocycles. The molecule has 0 spiro atoms. The number of halogens is 3. The summed E-state index contributed by atoms with van der Waals surface area (Å²) >= 11 is 1.08. The number of amides is 1. The molecule has 4 nitrogen and oxygen atoms in total. The Morgan fingerprint density at radius 2 is 1.85 bits per heavy atom. The second kappa shape index (κ2) is 9.12. The largest absolute Gasteiger partial charge is 0.417 e. The smallest absolute Gasteiger partial charge is 0.369 e. The number of hydrogen-bond acceptors (Lipinski definition) is 4. The Labute approximate surface area is 161 Å². The third-order valence-electron chi connectivity index (χ3n) is 3.86. The van der Waals surface area contributed by atoms with E-state index in [1.165, 1.54) is 6.07 Å². The van der Waals surface area contributed by atoms with Crippen molar-refractivity contribution in [2.45, 2.75) is 38.0 Å². The van der Waals surface area contributed by atoms with Crippen LogP contribution in [0.1, 0.15) is 26.3 Å². The maximum Gasteiger partial charge on any atom is 0.417 e. The molecule has 1 aromatic carbocycles. The van der Waals surface area contributed by atoms with Crippen LogP contribution in [0.3, 0.4) is 0 Å². The van der Waals surface area contributed by atoms with Crippen LogP contribution in [0.4, 0.5) is 24.5 Å². The number of nitrogens with zero attached hydrogens (tertiary/aromatic N) is 2. The first kappa shape index (κ1) is 21.1. The van der Waals surface area contributed by atoms with E-state index in [1.807, 2.05) is 24.3 Å². The number of thioether (sulfide) groups is 1. The Hall–Kier alpha value is -2.22. The van der Waals surface area contributed by atoms with Crippen LogP contribution in [0.2, 0.25) is 0 Å². The summed E-state index contributed by atoms with van der Waals surface area (Å²) in [7, 11) is 0. The molecule has 0 aliphatic heterocycles. The second-order valence-corrected chi connectivity index (χ2v) is 7.14. The van der Waals surface area contributed by atoms with Gasteiger partial charge in [0.15, 0.2) is 0 Å². The lowest BCUT2D eigenvalue weighted by molar-refractivity contribution is -0.137. The van der Waals surface area contributed by atoms with Crippen LogP contribution in [-0.2, 0) is 11.0 Å². The van der Waals surface area contributed by atoms with Gasteiger partial charge in [-0.05, 0) is 57.2 Å². The van der Waals surface area contributed by atoms with Crippen molar-refractivity contribution < 1.29 is 18.0 Å². The highest BCUT2D eigenvalue weighted by atomic mass is 32.2. The molecule has 1 heterocycles. The third kappa shape index (κ3) is 6.16. The van der Waals surface area contributed by atoms with Gasteiger partial charge >= 0.3 is 6.18 Å². The first-order valence-electron chi connectivity index (χ1n) is 8.53. The molecule has 27 heavy (non-hydrogen) atoms. The highest BCUT2D eigenvalue weighted by Gasteiger charge is 2.30. The summed E-state index contributed by atoms with van der Waals surface area (Å²) < 4.78 is 37.5. The van der Waals surface area contributed by atoms with Crippen molar-refractivity contribution in [1.29, 1.82) is 0 Å². The minimum Gasteiger partial charge on any atom is -0.369 e. The van der Waals surface area contributed by atoms with E-state index in [2.05, 4.69) is 36.0 Å². The normalized spacial score (nSPS) is 11.5. The number of benzene rings is 1. The molecule has 1 aromatic heterocycles. The summed E-state index contributed by atoms with van der Waals surface area (Å²) in [4.78, 5) is 18.0. The number of hydrogen-bond donors (Lipinski definition) is 1. The molecule has 1 amide bonds. The minimum atomic E-state index is -4.41. The molecule has 0 unspecified atom stereocenters. The molecule has 0 bridgehead atoms. The first-order valence-corrected chi connectivity index (χ1v) is 9.52. The van der Waals surface area contributed by atoms with Crippen LogP contribution in [0.15, 0.2) is 47.6 Å². The van der Waals surface area contributed by atoms with Gasteiger partial charge in [-0.1, -0.05) is 11.8 Å². The topological polar surface area (TPSA) is 45.2 Å². The average molecular weight is 397 g/mol. The molecule has 0 atom stereocenters. The quantitative estimate of drug-likeness (QED) is 0.663. The highest BCUT2D eigenvalue weighted by molar-refractivity contribution is 7.99. The number of nitrogens with one attached hydrogen (secondary N) is 1. The van der Waals surface area contributed by atoms with E-state index in [-0.39, 0.29) is 11.7 Å². The van der Waals surface area contributed by atoms with E-state index in [1.54, 1.807) is 0 Å². The van der Waals surface area contributed by atoms with E-state index in [0.717, 1.165) is 36.3 Å². The summed E-state index contributed by atoms with van der Waals surface area (Å²) in [6, 6.07) is 10.2. The number of anilines is 2. The first-order chi connectivity index (χ1) is 12.7. The van der Waals surface area contributed by atoms with Gasteiger partial charge in [0.2, 0.25) is 5.91 Å². The van der Waals surface area contributed by atoms with E-state index < -0.39 is 11.7 Å². The van der Waals surface area contributed by atoms with Gasteiger partial charge in [-0.15, -0.1) is 0 Å². The maximum atomic E-state index is 12.5. The Bertz CT molecular complexity index is 746. The SMILES string of the molecule is CCN(c1ccc(NC(=O)CSc2ccc(C(F)(F)F)cn2)cc1)C(C)C. The molecule has 0 aliphatic carbocycles. The van der Waals surface area contributed by atoms with Crippen molar-refractivity contribution in [1.82, 2.24) is 4.98 Å². The second-order valence-electron chi connectivity index (χ2n) is 6.15. The van der Waals surface area contributed by atoms with Gasteiger partial charge in [0, 0.05) is 30.2 Å².